The molecule has 6 heteroatoms. The fraction of sp³-hybridized carbons (Fsp3) is 0.611. The molecule has 1 fully saturated rings. The minimum Gasteiger partial charge on any atom is -0.462 e. The Balaban J connectivity index is 1.59. The summed E-state index contributed by atoms with van der Waals surface area (Å²) in [5, 5.41) is 4.23. The first-order valence-corrected chi connectivity index (χ1v) is 8.97. The van der Waals surface area contributed by atoms with E-state index < -0.39 is 0 Å². The maximum absolute atomic E-state index is 12.4. The molecule has 2 aromatic heterocycles. The third kappa shape index (κ3) is 3.68. The predicted molar refractivity (Wildman–Crippen MR) is 93.6 cm³/mol. The molecule has 1 saturated heterocycles. The lowest BCUT2D eigenvalue weighted by Crippen LogP contribution is -2.07. The van der Waals surface area contributed by atoms with Crippen molar-refractivity contribution in [2.75, 3.05) is 24.6 Å². The van der Waals surface area contributed by atoms with Crippen LogP contribution in [0.1, 0.15) is 61.4 Å². The summed E-state index contributed by atoms with van der Waals surface area (Å²) in [6, 6.07) is 0. The van der Waals surface area contributed by atoms with Gasteiger partial charge < -0.3 is 9.64 Å². The van der Waals surface area contributed by atoms with Crippen LogP contribution in [-0.2, 0) is 4.74 Å². The SMILES string of the molecule is CCCCCCCCOC(=O)c1cn2ncnc(N3CC3)c2c1C. The third-order valence-corrected chi connectivity index (χ3v) is 4.51. The van der Waals surface area contributed by atoms with E-state index in [2.05, 4.69) is 21.9 Å². The highest BCUT2D eigenvalue weighted by atomic mass is 16.5. The van der Waals surface area contributed by atoms with Crippen LogP contribution in [0.3, 0.4) is 0 Å². The number of ether oxygens (including phenoxy) is 1. The standard InChI is InChI=1S/C18H26N4O2/c1-3-4-5-6-7-8-11-24-18(23)15-12-22-16(14(15)2)17(19-13-20-22)21-9-10-21/h12-13H,3-11H2,1-2H3. The smallest absolute Gasteiger partial charge is 0.340 e. The summed E-state index contributed by atoms with van der Waals surface area (Å²) in [6.07, 6.45) is 10.4. The van der Waals surface area contributed by atoms with Gasteiger partial charge in [0.1, 0.15) is 11.8 Å². The van der Waals surface area contributed by atoms with E-state index in [1.165, 1.54) is 32.0 Å². The summed E-state index contributed by atoms with van der Waals surface area (Å²) in [5.74, 6) is 0.640. The van der Waals surface area contributed by atoms with E-state index in [0.29, 0.717) is 12.2 Å². The molecule has 0 radical (unpaired) electrons. The van der Waals surface area contributed by atoms with E-state index in [9.17, 15) is 4.79 Å². The zero-order valence-corrected chi connectivity index (χ0v) is 14.6. The van der Waals surface area contributed by atoms with Crippen molar-refractivity contribution in [2.24, 2.45) is 0 Å². The average Bonchev–Trinajstić information content (AvgIpc) is 3.37. The van der Waals surface area contributed by atoms with Crippen molar-refractivity contribution >= 4 is 17.3 Å². The Kier molecular flexibility index (Phi) is 5.33. The molecule has 0 atom stereocenters. The van der Waals surface area contributed by atoms with Crippen LogP contribution in [0.25, 0.3) is 5.52 Å². The van der Waals surface area contributed by atoms with E-state index >= 15 is 0 Å². The van der Waals surface area contributed by atoms with Gasteiger partial charge in [-0.1, -0.05) is 39.0 Å². The Morgan fingerprint density at radius 3 is 2.71 bits per heavy atom. The van der Waals surface area contributed by atoms with Gasteiger partial charge >= 0.3 is 5.97 Å². The summed E-state index contributed by atoms with van der Waals surface area (Å²) in [4.78, 5) is 18.9. The molecule has 130 valence electrons. The number of hydrogen-bond acceptors (Lipinski definition) is 5. The van der Waals surface area contributed by atoms with Crippen LogP contribution in [0, 0.1) is 6.92 Å². The van der Waals surface area contributed by atoms with Gasteiger partial charge in [0, 0.05) is 19.3 Å². The van der Waals surface area contributed by atoms with Gasteiger partial charge in [0.15, 0.2) is 5.82 Å². The maximum atomic E-state index is 12.4. The van der Waals surface area contributed by atoms with Crippen LogP contribution >= 0.6 is 0 Å². The van der Waals surface area contributed by atoms with Crippen molar-refractivity contribution < 1.29 is 9.53 Å². The van der Waals surface area contributed by atoms with E-state index in [0.717, 1.165) is 42.8 Å². The molecule has 0 bridgehead atoms. The normalized spacial score (nSPS) is 13.5. The van der Waals surface area contributed by atoms with Gasteiger partial charge in [-0.3, -0.25) is 0 Å². The van der Waals surface area contributed by atoms with E-state index in [1.54, 1.807) is 10.7 Å². The highest BCUT2D eigenvalue weighted by molar-refractivity contribution is 5.95. The quantitative estimate of drug-likeness (QED) is 0.401. The fourth-order valence-corrected chi connectivity index (χ4v) is 2.97. The summed E-state index contributed by atoms with van der Waals surface area (Å²) in [5.41, 5.74) is 2.39. The molecule has 0 N–H and O–H groups in total. The van der Waals surface area contributed by atoms with Crippen LogP contribution < -0.4 is 4.90 Å². The molecule has 0 unspecified atom stereocenters. The monoisotopic (exact) mass is 330 g/mol. The number of anilines is 1. The maximum Gasteiger partial charge on any atom is 0.340 e. The first-order valence-electron chi connectivity index (χ1n) is 8.97. The Labute approximate surface area is 142 Å². The zero-order chi connectivity index (χ0) is 16.9. The Morgan fingerprint density at radius 1 is 1.21 bits per heavy atom. The first kappa shape index (κ1) is 16.7. The topological polar surface area (TPSA) is 59.5 Å². The zero-order valence-electron chi connectivity index (χ0n) is 14.6. The predicted octanol–water partition coefficient (Wildman–Crippen LogP) is 3.38. The molecule has 0 aliphatic carbocycles. The lowest BCUT2D eigenvalue weighted by molar-refractivity contribution is 0.0497. The number of aryl methyl sites for hydroxylation is 1. The molecule has 3 heterocycles. The Morgan fingerprint density at radius 2 is 1.96 bits per heavy atom. The van der Waals surface area contributed by atoms with Crippen molar-refractivity contribution in [1.82, 2.24) is 14.6 Å². The van der Waals surface area contributed by atoms with Crippen LogP contribution in [0.15, 0.2) is 12.5 Å². The number of nitrogens with zero attached hydrogens (tertiary/aromatic N) is 4. The van der Waals surface area contributed by atoms with Crippen molar-refractivity contribution in [3.63, 3.8) is 0 Å². The highest BCUT2D eigenvalue weighted by Crippen LogP contribution is 2.28. The number of carbonyl (C=O) groups excluding carboxylic acids is 1. The molecule has 24 heavy (non-hydrogen) atoms. The minimum absolute atomic E-state index is 0.261. The van der Waals surface area contributed by atoms with Crippen molar-refractivity contribution in [1.29, 1.82) is 0 Å². The second-order valence-corrected chi connectivity index (χ2v) is 6.44. The summed E-state index contributed by atoms with van der Waals surface area (Å²) in [7, 11) is 0. The lowest BCUT2D eigenvalue weighted by Gasteiger charge is -2.05. The van der Waals surface area contributed by atoms with E-state index in [-0.39, 0.29) is 5.97 Å². The van der Waals surface area contributed by atoms with Gasteiger partial charge in [-0.25, -0.2) is 14.3 Å². The minimum atomic E-state index is -0.261. The van der Waals surface area contributed by atoms with E-state index in [1.807, 2.05) is 6.92 Å². The second kappa shape index (κ2) is 7.64. The molecular formula is C18H26N4O2. The number of carbonyl (C=O) groups is 1. The molecule has 0 amide bonds. The molecule has 1 aliphatic heterocycles. The van der Waals surface area contributed by atoms with Gasteiger partial charge in [0.2, 0.25) is 0 Å². The number of rotatable bonds is 9. The molecular weight excluding hydrogens is 304 g/mol. The van der Waals surface area contributed by atoms with Crippen molar-refractivity contribution in [3.8, 4) is 0 Å². The molecule has 0 aromatic carbocycles. The number of esters is 1. The summed E-state index contributed by atoms with van der Waals surface area (Å²) in [6.45, 7) is 6.65. The van der Waals surface area contributed by atoms with E-state index in [4.69, 9.17) is 4.74 Å². The number of unbranched alkanes of at least 4 members (excludes halogenated alkanes) is 5. The highest BCUT2D eigenvalue weighted by Gasteiger charge is 2.26. The largest absolute Gasteiger partial charge is 0.462 e. The van der Waals surface area contributed by atoms with Crippen molar-refractivity contribution in [2.45, 2.75) is 52.4 Å². The average molecular weight is 330 g/mol. The summed E-state index contributed by atoms with van der Waals surface area (Å²) < 4.78 is 7.18. The number of hydrogen-bond donors (Lipinski definition) is 0. The third-order valence-electron chi connectivity index (χ3n) is 4.51. The number of aromatic nitrogens is 3. The van der Waals surface area contributed by atoms with Crippen LogP contribution in [-0.4, -0.2) is 40.3 Å². The Hall–Kier alpha value is -2.11. The molecule has 6 nitrogen and oxygen atoms in total. The Bertz CT molecular complexity index is 706. The van der Waals surface area contributed by atoms with Crippen molar-refractivity contribution in [3.05, 3.63) is 23.7 Å². The molecule has 0 spiro atoms. The molecule has 2 aromatic rings. The molecule has 1 aliphatic rings. The van der Waals surface area contributed by atoms with Crippen LogP contribution in [0.2, 0.25) is 0 Å². The fourth-order valence-electron chi connectivity index (χ4n) is 2.97. The van der Waals surface area contributed by atoms with Gasteiger partial charge in [0.05, 0.1) is 12.2 Å². The molecule has 0 saturated carbocycles. The van der Waals surface area contributed by atoms with Gasteiger partial charge in [-0.05, 0) is 18.9 Å². The number of fused-ring (bicyclic) bond motifs is 1. The van der Waals surface area contributed by atoms with Crippen LogP contribution in [0.4, 0.5) is 5.82 Å². The summed E-state index contributed by atoms with van der Waals surface area (Å²) >= 11 is 0. The van der Waals surface area contributed by atoms with Crippen LogP contribution in [0.5, 0.6) is 0 Å². The van der Waals surface area contributed by atoms with Gasteiger partial charge in [-0.2, -0.15) is 5.10 Å². The van der Waals surface area contributed by atoms with Gasteiger partial charge in [-0.15, -0.1) is 0 Å². The van der Waals surface area contributed by atoms with Gasteiger partial charge in [0.25, 0.3) is 0 Å². The lowest BCUT2D eigenvalue weighted by atomic mass is 10.1. The second-order valence-electron chi connectivity index (χ2n) is 6.44. The molecule has 3 rings (SSSR count). The first-order chi connectivity index (χ1) is 11.7.